The Morgan fingerprint density at radius 3 is 2.93 bits per heavy atom. The predicted molar refractivity (Wildman–Crippen MR) is 56.0 cm³/mol. The lowest BCUT2D eigenvalue weighted by molar-refractivity contribution is -0.144. The van der Waals surface area contributed by atoms with Crippen LogP contribution in [0.25, 0.3) is 0 Å². The maximum Gasteiger partial charge on any atom is 0.324 e. The first-order valence-electron chi connectivity index (χ1n) is 4.26. The molecule has 1 unspecified atom stereocenters. The van der Waals surface area contributed by atoms with E-state index < -0.39 is 21.7 Å². The number of carbonyl (C=O) groups is 1. The van der Waals surface area contributed by atoms with Crippen molar-refractivity contribution in [2.24, 2.45) is 5.14 Å². The van der Waals surface area contributed by atoms with Crippen molar-refractivity contribution in [1.82, 2.24) is 10.0 Å². The molecule has 1 fully saturated rings. The molecule has 15 heavy (non-hydrogen) atoms. The molecular formula is C6H13N3O4S2. The van der Waals surface area contributed by atoms with Crippen LogP contribution in [0.3, 0.4) is 0 Å². The second-order valence-electron chi connectivity index (χ2n) is 2.85. The van der Waals surface area contributed by atoms with Gasteiger partial charge in [-0.1, -0.05) is 0 Å². The molecule has 0 amide bonds. The zero-order chi connectivity index (χ0) is 11.5. The van der Waals surface area contributed by atoms with Crippen molar-refractivity contribution in [3.8, 4) is 0 Å². The molecule has 9 heteroatoms. The van der Waals surface area contributed by atoms with Crippen LogP contribution in [0.5, 0.6) is 0 Å². The van der Waals surface area contributed by atoms with Gasteiger partial charge in [0.2, 0.25) is 0 Å². The number of carbonyl (C=O) groups excluding carboxylic acids is 1. The Balaban J connectivity index is 2.42. The van der Waals surface area contributed by atoms with E-state index in [1.54, 1.807) is 6.92 Å². The fraction of sp³-hybridized carbons (Fsp3) is 0.833. The summed E-state index contributed by atoms with van der Waals surface area (Å²) in [7, 11) is -3.75. The molecule has 0 aliphatic carbocycles. The predicted octanol–water partition coefficient (Wildman–Crippen LogP) is -1.67. The molecule has 7 nitrogen and oxygen atoms in total. The third-order valence-corrected chi connectivity index (χ3v) is 3.45. The van der Waals surface area contributed by atoms with Crippen molar-refractivity contribution in [3.05, 3.63) is 0 Å². The highest BCUT2D eigenvalue weighted by atomic mass is 32.2. The van der Waals surface area contributed by atoms with E-state index in [2.05, 4.69) is 10.0 Å². The van der Waals surface area contributed by atoms with Gasteiger partial charge in [-0.3, -0.25) is 10.1 Å². The van der Waals surface area contributed by atoms with Gasteiger partial charge in [-0.25, -0.2) is 5.14 Å². The molecule has 1 saturated heterocycles. The minimum atomic E-state index is -3.75. The van der Waals surface area contributed by atoms with Crippen molar-refractivity contribution in [2.45, 2.75) is 18.5 Å². The maximum absolute atomic E-state index is 11.2. The van der Waals surface area contributed by atoms with Crippen LogP contribution >= 0.6 is 11.8 Å². The van der Waals surface area contributed by atoms with Crippen LogP contribution in [0.4, 0.5) is 0 Å². The fourth-order valence-electron chi connectivity index (χ4n) is 1.07. The standard InChI is InChI=1S/C6H13N3O4S2/c1-2-13-5(10)4-3-14-6(8-4)9-15(7,11)12/h4,6,8-9H,2-3H2,1H3,(H2,7,11,12)/t4-,6?/m0/s1. The zero-order valence-electron chi connectivity index (χ0n) is 8.10. The van der Waals surface area contributed by atoms with Crippen LogP contribution in [0, 0.1) is 0 Å². The van der Waals surface area contributed by atoms with E-state index in [0.717, 1.165) is 0 Å². The second kappa shape index (κ2) is 5.12. The zero-order valence-corrected chi connectivity index (χ0v) is 9.73. The van der Waals surface area contributed by atoms with E-state index in [0.29, 0.717) is 12.4 Å². The molecule has 0 aromatic rings. The Hall–Kier alpha value is -0.350. The summed E-state index contributed by atoms with van der Waals surface area (Å²) in [6, 6.07) is -0.491. The quantitative estimate of drug-likeness (QED) is 0.518. The Morgan fingerprint density at radius 2 is 2.40 bits per heavy atom. The van der Waals surface area contributed by atoms with Gasteiger partial charge in [0.05, 0.1) is 6.61 Å². The van der Waals surface area contributed by atoms with E-state index in [4.69, 9.17) is 9.88 Å². The number of hydrogen-bond donors (Lipinski definition) is 3. The average Bonchev–Trinajstić information content (AvgIpc) is 2.50. The molecule has 1 rings (SSSR count). The normalized spacial score (nSPS) is 26.5. The van der Waals surface area contributed by atoms with Crippen LogP contribution in [0.15, 0.2) is 0 Å². The van der Waals surface area contributed by atoms with Gasteiger partial charge >= 0.3 is 5.97 Å². The SMILES string of the molecule is CCOC(=O)[C@@H]1CSC(NS(N)(=O)=O)N1. The summed E-state index contributed by atoms with van der Waals surface area (Å²) in [5, 5.41) is 7.54. The lowest BCUT2D eigenvalue weighted by atomic mass is 10.3. The van der Waals surface area contributed by atoms with Crippen LogP contribution < -0.4 is 15.2 Å². The number of rotatable bonds is 4. The van der Waals surface area contributed by atoms with Crippen molar-refractivity contribution in [2.75, 3.05) is 12.4 Å². The van der Waals surface area contributed by atoms with E-state index in [9.17, 15) is 13.2 Å². The van der Waals surface area contributed by atoms with Crippen LogP contribution in [-0.2, 0) is 19.7 Å². The average molecular weight is 255 g/mol. The van der Waals surface area contributed by atoms with Crippen molar-refractivity contribution in [1.29, 1.82) is 0 Å². The van der Waals surface area contributed by atoms with Gasteiger partial charge < -0.3 is 4.74 Å². The number of ether oxygens (including phenoxy) is 1. The molecule has 0 spiro atoms. The molecule has 0 aromatic heterocycles. The van der Waals surface area contributed by atoms with Crippen molar-refractivity contribution in [3.63, 3.8) is 0 Å². The summed E-state index contributed by atoms with van der Waals surface area (Å²) in [5.41, 5.74) is -0.575. The van der Waals surface area contributed by atoms with Gasteiger partial charge in [0.1, 0.15) is 11.5 Å². The minimum absolute atomic E-state index is 0.301. The van der Waals surface area contributed by atoms with Crippen LogP contribution in [0.1, 0.15) is 6.92 Å². The highest BCUT2D eigenvalue weighted by molar-refractivity contribution is 8.01. The molecule has 1 aliphatic heterocycles. The van der Waals surface area contributed by atoms with E-state index >= 15 is 0 Å². The molecule has 0 saturated carbocycles. The highest BCUT2D eigenvalue weighted by Gasteiger charge is 2.32. The Morgan fingerprint density at radius 1 is 1.73 bits per heavy atom. The molecule has 1 aliphatic rings. The first kappa shape index (κ1) is 12.7. The van der Waals surface area contributed by atoms with Crippen LogP contribution in [-0.4, -0.2) is 38.3 Å². The summed E-state index contributed by atoms with van der Waals surface area (Å²) in [5.74, 6) is 0.0650. The molecule has 4 N–H and O–H groups in total. The van der Waals surface area contributed by atoms with Gasteiger partial charge in [-0.15, -0.1) is 11.8 Å². The van der Waals surface area contributed by atoms with Crippen LogP contribution in [0.2, 0.25) is 0 Å². The van der Waals surface area contributed by atoms with Gasteiger partial charge in [0.25, 0.3) is 10.2 Å². The summed E-state index contributed by atoms with van der Waals surface area (Å²) in [4.78, 5) is 11.2. The molecule has 0 radical (unpaired) electrons. The number of thioether (sulfide) groups is 1. The first-order chi connectivity index (χ1) is 6.92. The molecule has 88 valence electrons. The lowest BCUT2D eigenvalue weighted by Crippen LogP contribution is -2.47. The minimum Gasteiger partial charge on any atom is -0.465 e. The van der Waals surface area contributed by atoms with E-state index in [-0.39, 0.29) is 5.97 Å². The molecule has 0 bridgehead atoms. The van der Waals surface area contributed by atoms with Crippen molar-refractivity contribution < 1.29 is 17.9 Å². The smallest absolute Gasteiger partial charge is 0.324 e. The number of esters is 1. The second-order valence-corrected chi connectivity index (χ2v) is 5.31. The van der Waals surface area contributed by atoms with Crippen molar-refractivity contribution >= 4 is 27.9 Å². The van der Waals surface area contributed by atoms with E-state index in [1.807, 2.05) is 0 Å². The van der Waals surface area contributed by atoms with Gasteiger partial charge in [0.15, 0.2) is 0 Å². The summed E-state index contributed by atoms with van der Waals surface area (Å²) in [6.07, 6.45) is 0. The summed E-state index contributed by atoms with van der Waals surface area (Å²) < 4.78 is 28.3. The van der Waals surface area contributed by atoms with Gasteiger partial charge in [-0.2, -0.15) is 13.1 Å². The number of nitrogens with one attached hydrogen (secondary N) is 2. The monoisotopic (exact) mass is 255 g/mol. The van der Waals surface area contributed by atoms with Gasteiger partial charge in [0, 0.05) is 5.75 Å². The Bertz CT molecular complexity index is 331. The third kappa shape index (κ3) is 4.34. The summed E-state index contributed by atoms with van der Waals surface area (Å²) in [6.45, 7) is 2.01. The highest BCUT2D eigenvalue weighted by Crippen LogP contribution is 2.17. The fourth-order valence-corrected chi connectivity index (χ4v) is 2.99. The molecule has 2 atom stereocenters. The lowest BCUT2D eigenvalue weighted by Gasteiger charge is -2.12. The number of nitrogens with two attached hydrogens (primary N) is 1. The van der Waals surface area contributed by atoms with E-state index in [1.165, 1.54) is 11.8 Å². The summed E-state index contributed by atoms with van der Waals surface area (Å²) >= 11 is 1.25. The topological polar surface area (TPSA) is 111 Å². The molecular weight excluding hydrogens is 242 g/mol. The maximum atomic E-state index is 11.2. The number of hydrogen-bond acceptors (Lipinski definition) is 6. The first-order valence-corrected chi connectivity index (χ1v) is 6.86. The largest absolute Gasteiger partial charge is 0.465 e. The molecule has 0 aromatic carbocycles. The van der Waals surface area contributed by atoms with Gasteiger partial charge in [-0.05, 0) is 6.92 Å². The Kier molecular flexibility index (Phi) is 4.34. The third-order valence-electron chi connectivity index (χ3n) is 1.62. The Labute approximate surface area is 92.3 Å². The molecule has 1 heterocycles.